The number of hydrogen-bond acceptors (Lipinski definition) is 4. The molecule has 0 saturated carbocycles. The van der Waals surface area contributed by atoms with E-state index in [0.29, 0.717) is 19.0 Å². The Morgan fingerprint density at radius 3 is 2.83 bits per heavy atom. The molecule has 1 amide bonds. The number of aromatic nitrogens is 1. The average molecular weight is 385 g/mol. The summed E-state index contributed by atoms with van der Waals surface area (Å²) in [5.74, 6) is 0.0470. The summed E-state index contributed by atoms with van der Waals surface area (Å²) in [6.07, 6.45) is 2.48. The molecule has 29 heavy (non-hydrogen) atoms. The van der Waals surface area contributed by atoms with Crippen LogP contribution >= 0.6 is 0 Å². The van der Waals surface area contributed by atoms with Crippen molar-refractivity contribution in [1.29, 1.82) is 0 Å². The fraction of sp³-hybridized carbons (Fsp3) is 0.250. The number of carbonyl (C=O) groups excluding carboxylic acids is 1. The number of fused-ring (bicyclic) bond motifs is 2. The van der Waals surface area contributed by atoms with Crippen molar-refractivity contribution in [2.45, 2.75) is 25.3 Å². The van der Waals surface area contributed by atoms with E-state index in [-0.39, 0.29) is 11.9 Å². The van der Waals surface area contributed by atoms with Gasteiger partial charge in [0.15, 0.2) is 5.58 Å². The van der Waals surface area contributed by atoms with Crippen LogP contribution in [0.3, 0.4) is 0 Å². The fourth-order valence-corrected chi connectivity index (χ4v) is 4.20. The van der Waals surface area contributed by atoms with Crippen molar-refractivity contribution in [2.24, 2.45) is 0 Å². The van der Waals surface area contributed by atoms with Gasteiger partial charge < -0.3 is 14.6 Å². The highest BCUT2D eigenvalue weighted by Gasteiger charge is 2.28. The molecule has 0 radical (unpaired) electrons. The molecule has 1 saturated heterocycles. The van der Waals surface area contributed by atoms with Gasteiger partial charge in [0.05, 0.1) is 12.5 Å². The van der Waals surface area contributed by atoms with Crippen molar-refractivity contribution in [1.82, 2.24) is 10.3 Å². The third-order valence-electron chi connectivity index (χ3n) is 5.67. The number of para-hydroxylation sites is 2. The van der Waals surface area contributed by atoms with Gasteiger partial charge in [-0.2, -0.15) is 4.98 Å². The average Bonchev–Trinajstić information content (AvgIpc) is 3.39. The lowest BCUT2D eigenvalue weighted by atomic mass is 10.0. The molecule has 5 rings (SSSR count). The van der Waals surface area contributed by atoms with Crippen LogP contribution in [-0.2, 0) is 11.2 Å². The fourth-order valence-electron chi connectivity index (χ4n) is 4.20. The summed E-state index contributed by atoms with van der Waals surface area (Å²) >= 11 is 0. The number of rotatable bonds is 5. The Morgan fingerprint density at radius 1 is 1.07 bits per heavy atom. The SMILES string of the molecule is O=C(Cc1cccc2ccccc12)NCC1CCCN1c1nc2ccccc2o1. The highest BCUT2D eigenvalue weighted by atomic mass is 16.4. The Hall–Kier alpha value is -3.34. The van der Waals surface area contributed by atoms with Crippen molar-refractivity contribution in [3.63, 3.8) is 0 Å². The van der Waals surface area contributed by atoms with Crippen molar-refractivity contribution in [3.05, 3.63) is 72.3 Å². The summed E-state index contributed by atoms with van der Waals surface area (Å²) in [6, 6.07) is 23.0. The molecule has 146 valence electrons. The van der Waals surface area contributed by atoms with Gasteiger partial charge in [-0.3, -0.25) is 4.79 Å². The third kappa shape index (κ3) is 3.56. The Kier molecular flexibility index (Phi) is 4.64. The molecule has 4 aromatic rings. The van der Waals surface area contributed by atoms with Crippen molar-refractivity contribution >= 4 is 33.8 Å². The molecule has 1 aliphatic rings. The van der Waals surface area contributed by atoms with Gasteiger partial charge in [0.25, 0.3) is 6.01 Å². The number of benzene rings is 3. The lowest BCUT2D eigenvalue weighted by molar-refractivity contribution is -0.120. The van der Waals surface area contributed by atoms with E-state index in [4.69, 9.17) is 4.42 Å². The van der Waals surface area contributed by atoms with Crippen LogP contribution in [-0.4, -0.2) is 30.0 Å². The monoisotopic (exact) mass is 385 g/mol. The molecular formula is C24H23N3O2. The number of nitrogens with one attached hydrogen (secondary N) is 1. The van der Waals surface area contributed by atoms with Crippen LogP contribution in [0, 0.1) is 0 Å². The number of oxazole rings is 1. The minimum atomic E-state index is 0.0470. The van der Waals surface area contributed by atoms with E-state index >= 15 is 0 Å². The predicted molar refractivity (Wildman–Crippen MR) is 115 cm³/mol. The highest BCUT2D eigenvalue weighted by Crippen LogP contribution is 2.28. The normalized spacial score (nSPS) is 16.6. The van der Waals surface area contributed by atoms with Gasteiger partial charge in [-0.1, -0.05) is 54.6 Å². The van der Waals surface area contributed by atoms with E-state index in [9.17, 15) is 4.79 Å². The maximum atomic E-state index is 12.6. The number of anilines is 1. The van der Waals surface area contributed by atoms with E-state index in [1.54, 1.807) is 0 Å². The Morgan fingerprint density at radius 2 is 1.90 bits per heavy atom. The van der Waals surface area contributed by atoms with Crippen LogP contribution < -0.4 is 10.2 Å². The maximum Gasteiger partial charge on any atom is 0.298 e. The Balaban J connectivity index is 1.26. The van der Waals surface area contributed by atoms with E-state index in [0.717, 1.165) is 46.8 Å². The zero-order chi connectivity index (χ0) is 19.6. The molecule has 0 spiro atoms. The Labute approximate surface area is 169 Å². The van der Waals surface area contributed by atoms with Gasteiger partial charge in [0, 0.05) is 13.1 Å². The summed E-state index contributed by atoms with van der Waals surface area (Å²) in [5.41, 5.74) is 2.73. The third-order valence-corrected chi connectivity index (χ3v) is 5.67. The van der Waals surface area contributed by atoms with Gasteiger partial charge in [0.2, 0.25) is 5.91 Å². The number of amides is 1. The topological polar surface area (TPSA) is 58.4 Å². The largest absolute Gasteiger partial charge is 0.423 e. The van der Waals surface area contributed by atoms with E-state index < -0.39 is 0 Å². The molecule has 1 atom stereocenters. The summed E-state index contributed by atoms with van der Waals surface area (Å²) in [4.78, 5) is 19.4. The smallest absolute Gasteiger partial charge is 0.298 e. The molecule has 5 heteroatoms. The molecule has 0 aliphatic carbocycles. The van der Waals surface area contributed by atoms with Crippen LogP contribution in [0.1, 0.15) is 18.4 Å². The molecule has 2 heterocycles. The van der Waals surface area contributed by atoms with E-state index in [1.807, 2.05) is 48.5 Å². The maximum absolute atomic E-state index is 12.6. The van der Waals surface area contributed by atoms with Crippen molar-refractivity contribution in [2.75, 3.05) is 18.0 Å². The second-order valence-electron chi connectivity index (χ2n) is 7.57. The molecular weight excluding hydrogens is 362 g/mol. The van der Waals surface area contributed by atoms with Gasteiger partial charge in [-0.05, 0) is 41.3 Å². The summed E-state index contributed by atoms with van der Waals surface area (Å²) in [6.45, 7) is 1.50. The number of nitrogens with zero attached hydrogens (tertiary/aromatic N) is 2. The summed E-state index contributed by atoms with van der Waals surface area (Å²) in [7, 11) is 0. The van der Waals surface area contributed by atoms with Crippen molar-refractivity contribution < 1.29 is 9.21 Å². The predicted octanol–water partition coefficient (Wildman–Crippen LogP) is 4.31. The molecule has 5 nitrogen and oxygen atoms in total. The first kappa shape index (κ1) is 17.7. The minimum Gasteiger partial charge on any atom is -0.423 e. The van der Waals surface area contributed by atoms with Gasteiger partial charge in [-0.25, -0.2) is 0 Å². The second-order valence-corrected chi connectivity index (χ2v) is 7.57. The first-order chi connectivity index (χ1) is 14.3. The van der Waals surface area contributed by atoms with Crippen LogP contribution in [0.25, 0.3) is 21.9 Å². The second kappa shape index (κ2) is 7.59. The van der Waals surface area contributed by atoms with Crippen molar-refractivity contribution in [3.8, 4) is 0 Å². The molecule has 1 N–H and O–H groups in total. The minimum absolute atomic E-state index is 0.0470. The Bertz CT molecular complexity index is 1130. The molecule has 3 aromatic carbocycles. The van der Waals surface area contributed by atoms with Crippen LogP contribution in [0.4, 0.5) is 6.01 Å². The zero-order valence-corrected chi connectivity index (χ0v) is 16.2. The van der Waals surface area contributed by atoms with Gasteiger partial charge in [0.1, 0.15) is 5.52 Å². The molecule has 1 aliphatic heterocycles. The zero-order valence-electron chi connectivity index (χ0n) is 16.2. The standard InChI is InChI=1S/C24H23N3O2/c28-23(15-18-9-5-8-17-7-1-2-11-20(17)18)25-16-19-10-6-14-27(19)24-26-21-12-3-4-13-22(21)29-24/h1-5,7-9,11-13,19H,6,10,14-16H2,(H,25,28). The number of hydrogen-bond donors (Lipinski definition) is 1. The lowest BCUT2D eigenvalue weighted by Crippen LogP contribution is -2.40. The van der Waals surface area contributed by atoms with Gasteiger partial charge >= 0.3 is 0 Å². The van der Waals surface area contributed by atoms with Crippen LogP contribution in [0.2, 0.25) is 0 Å². The molecule has 1 aromatic heterocycles. The lowest BCUT2D eigenvalue weighted by Gasteiger charge is -2.23. The highest BCUT2D eigenvalue weighted by molar-refractivity contribution is 5.90. The van der Waals surface area contributed by atoms with E-state index in [2.05, 4.69) is 33.4 Å². The molecule has 1 fully saturated rings. The molecule has 0 bridgehead atoms. The summed E-state index contributed by atoms with van der Waals surface area (Å²) < 4.78 is 5.93. The summed E-state index contributed by atoms with van der Waals surface area (Å²) in [5, 5.41) is 5.42. The van der Waals surface area contributed by atoms with E-state index in [1.165, 1.54) is 0 Å². The van der Waals surface area contributed by atoms with Crippen LogP contribution in [0.15, 0.2) is 71.1 Å². The molecule has 1 unspecified atom stereocenters. The van der Waals surface area contributed by atoms with Gasteiger partial charge in [-0.15, -0.1) is 0 Å². The number of carbonyl (C=O) groups is 1. The van der Waals surface area contributed by atoms with Crippen LogP contribution in [0.5, 0.6) is 0 Å². The quantitative estimate of drug-likeness (QED) is 0.556. The first-order valence-corrected chi connectivity index (χ1v) is 10.1. The first-order valence-electron chi connectivity index (χ1n) is 10.1.